The van der Waals surface area contributed by atoms with Gasteiger partial charge in [-0.1, -0.05) is 54.6 Å². The molecule has 0 aliphatic carbocycles. The van der Waals surface area contributed by atoms with Gasteiger partial charge in [-0.25, -0.2) is 8.42 Å². The van der Waals surface area contributed by atoms with Crippen LogP contribution in [-0.2, 0) is 9.84 Å². The second-order valence-corrected chi connectivity index (χ2v) is 10.2. The number of benzene rings is 4. The average molecular weight is 526 g/mol. The van der Waals surface area contributed by atoms with Crippen molar-refractivity contribution in [1.82, 2.24) is 5.43 Å². The molecule has 2 N–H and O–H groups in total. The maximum Gasteiger partial charge on any atom is 0.269 e. The van der Waals surface area contributed by atoms with Crippen LogP contribution in [0.25, 0.3) is 5.70 Å². The third kappa shape index (κ3) is 4.67. The largest absolute Gasteiger partial charge is 0.859 e. The van der Waals surface area contributed by atoms with E-state index in [0.717, 1.165) is 0 Å². The maximum absolute atomic E-state index is 14.1. The lowest BCUT2D eigenvalue weighted by Crippen LogP contribution is -2.33. The molecular weight excluding hydrogens is 504 g/mol. The van der Waals surface area contributed by atoms with Crippen LogP contribution in [-0.4, -0.2) is 13.3 Å². The Balaban J connectivity index is 1.79. The highest BCUT2D eigenvalue weighted by Crippen LogP contribution is 2.41. The highest BCUT2D eigenvalue weighted by Gasteiger charge is 2.38. The highest BCUT2D eigenvalue weighted by molar-refractivity contribution is 7.95. The van der Waals surface area contributed by atoms with Gasteiger partial charge in [-0.2, -0.15) is 0 Å². The Hall–Kier alpha value is -5.09. The van der Waals surface area contributed by atoms with Crippen LogP contribution in [0.4, 0.5) is 17.1 Å². The van der Waals surface area contributed by atoms with Gasteiger partial charge in [0.25, 0.3) is 5.69 Å². The summed E-state index contributed by atoms with van der Waals surface area (Å²) in [6.45, 7) is 0. The van der Waals surface area contributed by atoms with Crippen molar-refractivity contribution in [2.24, 2.45) is 0 Å². The van der Waals surface area contributed by atoms with E-state index in [1.807, 2.05) is 6.07 Å². The lowest BCUT2D eigenvalue weighted by Gasteiger charge is -2.24. The molecule has 0 fully saturated rings. The third-order valence-electron chi connectivity index (χ3n) is 5.84. The van der Waals surface area contributed by atoms with Crippen LogP contribution in [0, 0.1) is 10.1 Å². The van der Waals surface area contributed by atoms with Gasteiger partial charge >= 0.3 is 0 Å². The molecule has 0 bridgehead atoms. The number of para-hydroxylation sites is 2. The summed E-state index contributed by atoms with van der Waals surface area (Å²) >= 11 is 0. The number of hydrogen-bond donors (Lipinski definition) is 2. The summed E-state index contributed by atoms with van der Waals surface area (Å²) in [7, 11) is -4.25. The van der Waals surface area contributed by atoms with Crippen molar-refractivity contribution in [3.05, 3.63) is 147 Å². The van der Waals surface area contributed by atoms with Gasteiger partial charge in [0.1, 0.15) is 4.91 Å². The van der Waals surface area contributed by atoms with Crippen LogP contribution in [0.3, 0.4) is 0 Å². The van der Waals surface area contributed by atoms with Gasteiger partial charge in [0.2, 0.25) is 9.84 Å². The van der Waals surface area contributed by atoms with Crippen LogP contribution >= 0.6 is 0 Å². The molecule has 5 rings (SSSR count). The molecule has 1 aliphatic rings. The Labute approximate surface area is 219 Å². The van der Waals surface area contributed by atoms with Gasteiger partial charge in [0.05, 0.1) is 26.9 Å². The van der Waals surface area contributed by atoms with Crippen LogP contribution in [0.15, 0.2) is 137 Å². The van der Waals surface area contributed by atoms with Gasteiger partial charge in [0, 0.05) is 23.4 Å². The van der Waals surface area contributed by atoms with Gasteiger partial charge in [-0.15, -0.1) is 0 Å². The zero-order valence-electron chi connectivity index (χ0n) is 19.8. The molecule has 1 aliphatic heterocycles. The molecule has 0 spiro atoms. The standard InChI is InChI=1S/C28H22N4O5S/c33-28(29-21-10-4-1-5-11-21)25-27(38(36,37)24-14-8-3-9-15-24)26(20-16-18-23(19-17-20)32(34)35)31(30-25)22-12-6-2-7-13-22/h1-19,29-30,33H/p-1. The number of hydrogen-bond acceptors (Lipinski definition) is 8. The summed E-state index contributed by atoms with van der Waals surface area (Å²) < 4.78 is 28.2. The van der Waals surface area contributed by atoms with Crippen molar-refractivity contribution in [3.63, 3.8) is 0 Å². The van der Waals surface area contributed by atoms with E-state index < -0.39 is 20.6 Å². The van der Waals surface area contributed by atoms with Crippen LogP contribution < -0.4 is 20.9 Å². The Bertz CT molecular complexity index is 1640. The summed E-state index contributed by atoms with van der Waals surface area (Å²) in [5, 5.41) is 29.1. The van der Waals surface area contributed by atoms with Crippen molar-refractivity contribution in [2.75, 3.05) is 10.3 Å². The smallest absolute Gasteiger partial charge is 0.269 e. The molecule has 0 saturated heterocycles. The summed E-state index contributed by atoms with van der Waals surface area (Å²) in [6, 6.07) is 30.8. The molecule has 38 heavy (non-hydrogen) atoms. The molecule has 0 atom stereocenters. The van der Waals surface area contributed by atoms with Crippen LogP contribution in [0.2, 0.25) is 0 Å². The monoisotopic (exact) mass is 525 g/mol. The first kappa shape index (κ1) is 24.6. The van der Waals surface area contributed by atoms with Gasteiger partial charge in [-0.3, -0.25) is 20.5 Å². The molecule has 190 valence electrons. The Kier molecular flexibility index (Phi) is 6.55. The van der Waals surface area contributed by atoms with E-state index in [4.69, 9.17) is 0 Å². The van der Waals surface area contributed by atoms with Gasteiger partial charge in [0.15, 0.2) is 0 Å². The lowest BCUT2D eigenvalue weighted by atomic mass is 10.1. The Morgan fingerprint density at radius 2 is 1.34 bits per heavy atom. The van der Waals surface area contributed by atoms with E-state index in [1.54, 1.807) is 72.8 Å². The third-order valence-corrected chi connectivity index (χ3v) is 7.66. The van der Waals surface area contributed by atoms with Crippen molar-refractivity contribution >= 4 is 32.6 Å². The first-order valence-electron chi connectivity index (χ1n) is 11.5. The van der Waals surface area contributed by atoms with Crippen molar-refractivity contribution in [3.8, 4) is 0 Å². The molecule has 0 radical (unpaired) electrons. The quantitative estimate of drug-likeness (QED) is 0.206. The van der Waals surface area contributed by atoms with Crippen LogP contribution in [0.1, 0.15) is 5.56 Å². The number of nitrogens with one attached hydrogen (secondary N) is 2. The molecule has 0 amide bonds. The number of non-ortho nitro benzene ring substituents is 1. The Morgan fingerprint density at radius 3 is 1.92 bits per heavy atom. The highest BCUT2D eigenvalue weighted by atomic mass is 32.2. The molecule has 0 unspecified atom stereocenters. The van der Waals surface area contributed by atoms with Crippen LogP contribution in [0.5, 0.6) is 0 Å². The number of nitro benzene ring substituents is 1. The topological polar surface area (TPSA) is 128 Å². The maximum atomic E-state index is 14.1. The molecule has 0 aromatic heterocycles. The fourth-order valence-electron chi connectivity index (χ4n) is 4.06. The first-order chi connectivity index (χ1) is 18.4. The Morgan fingerprint density at radius 1 is 0.789 bits per heavy atom. The minimum Gasteiger partial charge on any atom is -0.859 e. The summed E-state index contributed by atoms with van der Waals surface area (Å²) in [5.41, 5.74) is 4.23. The minimum absolute atomic E-state index is 0.00358. The second kappa shape index (κ2) is 10.1. The molecule has 0 saturated carbocycles. The average Bonchev–Trinajstić information content (AvgIpc) is 3.36. The van der Waals surface area contributed by atoms with E-state index in [9.17, 15) is 23.6 Å². The molecule has 4 aromatic carbocycles. The normalized spacial score (nSPS) is 14.7. The van der Waals surface area contributed by atoms with Gasteiger partial charge < -0.3 is 10.4 Å². The molecule has 4 aromatic rings. The van der Waals surface area contributed by atoms with E-state index in [1.165, 1.54) is 41.4 Å². The molecule has 10 heteroatoms. The van der Waals surface area contributed by atoms with Crippen molar-refractivity contribution in [2.45, 2.75) is 4.90 Å². The molecule has 9 nitrogen and oxygen atoms in total. The minimum atomic E-state index is -4.25. The molecule has 1 heterocycles. The number of nitro groups is 1. The fraction of sp³-hybridized carbons (Fsp3) is 0. The van der Waals surface area contributed by atoms with E-state index >= 15 is 0 Å². The SMILES string of the molecule is O=[N+]([O-])c1ccc(C2=C(S(=O)(=O)c3ccccc3)C(=C([O-])Nc3ccccc3)NN2c2ccccc2)cc1. The van der Waals surface area contributed by atoms with E-state index in [0.29, 0.717) is 16.9 Å². The second-order valence-electron chi connectivity index (χ2n) is 8.28. The van der Waals surface area contributed by atoms with E-state index in [-0.39, 0.29) is 26.9 Å². The predicted octanol–water partition coefficient (Wildman–Crippen LogP) is 4.40. The van der Waals surface area contributed by atoms with E-state index in [2.05, 4.69) is 10.7 Å². The van der Waals surface area contributed by atoms with Gasteiger partial charge in [-0.05, 0) is 54.4 Å². The lowest BCUT2D eigenvalue weighted by molar-refractivity contribution is -0.384. The van der Waals surface area contributed by atoms with Crippen molar-refractivity contribution < 1.29 is 18.4 Å². The number of sulfone groups is 1. The number of rotatable bonds is 7. The predicted molar refractivity (Wildman–Crippen MR) is 143 cm³/mol. The number of hydrazine groups is 1. The summed E-state index contributed by atoms with van der Waals surface area (Å²) in [5.74, 6) is -0.663. The summed E-state index contributed by atoms with van der Waals surface area (Å²) in [6.07, 6.45) is 0. The number of anilines is 2. The number of nitrogens with zero attached hydrogens (tertiary/aromatic N) is 2. The zero-order chi connectivity index (χ0) is 26.7. The zero-order valence-corrected chi connectivity index (χ0v) is 20.6. The fourth-order valence-corrected chi connectivity index (χ4v) is 5.68. The molecular formula is C28H21N4O5S-. The van der Waals surface area contributed by atoms with Crippen molar-refractivity contribution in [1.29, 1.82) is 0 Å². The first-order valence-corrected chi connectivity index (χ1v) is 13.0. The summed E-state index contributed by atoms with van der Waals surface area (Å²) in [4.78, 5) is 10.5.